The van der Waals surface area contributed by atoms with E-state index in [4.69, 9.17) is 14.9 Å². The molecule has 0 bridgehead atoms. The Hall–Kier alpha value is -2.41. The maximum absolute atomic E-state index is 12.1. The Morgan fingerprint density at radius 1 is 1.19 bits per heavy atom. The minimum Gasteiger partial charge on any atom is -0.481 e. The van der Waals surface area contributed by atoms with Gasteiger partial charge in [0, 0.05) is 13.5 Å². The number of carbonyl (C=O) groups is 3. The van der Waals surface area contributed by atoms with E-state index in [0.717, 1.165) is 0 Å². The number of hydrogen-bond acceptors (Lipinski definition) is 4. The van der Waals surface area contributed by atoms with Gasteiger partial charge in [0.25, 0.3) is 5.91 Å². The number of ether oxygens (including phenoxy) is 1. The fraction of sp³-hybridized carbons (Fsp3) is 0.357. The van der Waals surface area contributed by atoms with E-state index in [-0.39, 0.29) is 12.8 Å². The van der Waals surface area contributed by atoms with Crippen LogP contribution in [0.15, 0.2) is 30.3 Å². The quantitative estimate of drug-likeness (QED) is 0.654. The molecule has 1 amide bonds. The smallest absolute Gasteiger partial charge is 0.326 e. The van der Waals surface area contributed by atoms with Crippen LogP contribution in [-0.2, 0) is 19.1 Å². The van der Waals surface area contributed by atoms with Crippen molar-refractivity contribution in [1.29, 1.82) is 0 Å². The fourth-order valence-electron chi connectivity index (χ4n) is 1.79. The van der Waals surface area contributed by atoms with Crippen LogP contribution in [0.2, 0.25) is 0 Å². The maximum atomic E-state index is 12.1. The average Bonchev–Trinajstić information content (AvgIpc) is 2.44. The maximum Gasteiger partial charge on any atom is 0.326 e. The molecule has 0 saturated carbocycles. The summed E-state index contributed by atoms with van der Waals surface area (Å²) in [5.41, 5.74) is 0.583. The molecule has 0 fully saturated rings. The summed E-state index contributed by atoms with van der Waals surface area (Å²) in [6, 6.07) is 7.33. The zero-order valence-electron chi connectivity index (χ0n) is 11.5. The van der Waals surface area contributed by atoms with Gasteiger partial charge >= 0.3 is 11.9 Å². The summed E-state index contributed by atoms with van der Waals surface area (Å²) in [4.78, 5) is 33.6. The Labute approximate surface area is 121 Å². The molecule has 0 aliphatic heterocycles. The zero-order valence-corrected chi connectivity index (χ0v) is 11.5. The molecule has 2 atom stereocenters. The Morgan fingerprint density at radius 2 is 1.81 bits per heavy atom. The Kier molecular flexibility index (Phi) is 6.35. The second-order valence-electron chi connectivity index (χ2n) is 4.36. The van der Waals surface area contributed by atoms with Gasteiger partial charge in [0.2, 0.25) is 0 Å². The molecule has 114 valence electrons. The van der Waals surface area contributed by atoms with Crippen molar-refractivity contribution in [2.45, 2.75) is 25.0 Å². The molecule has 0 aromatic heterocycles. The molecule has 0 radical (unpaired) electrons. The van der Waals surface area contributed by atoms with Crippen LogP contribution in [0.25, 0.3) is 0 Å². The first kappa shape index (κ1) is 16.6. The predicted molar refractivity (Wildman–Crippen MR) is 72.6 cm³/mol. The number of rotatable bonds is 8. The van der Waals surface area contributed by atoms with Crippen LogP contribution in [0, 0.1) is 0 Å². The van der Waals surface area contributed by atoms with Crippen molar-refractivity contribution in [3.63, 3.8) is 0 Å². The third kappa shape index (κ3) is 5.23. The molecule has 0 heterocycles. The van der Waals surface area contributed by atoms with Gasteiger partial charge in [-0.05, 0) is 12.0 Å². The Balaban J connectivity index is 2.75. The van der Waals surface area contributed by atoms with Crippen molar-refractivity contribution in [3.8, 4) is 0 Å². The van der Waals surface area contributed by atoms with Crippen LogP contribution in [0.5, 0.6) is 0 Å². The monoisotopic (exact) mass is 295 g/mol. The summed E-state index contributed by atoms with van der Waals surface area (Å²) in [5.74, 6) is -3.03. The van der Waals surface area contributed by atoms with Gasteiger partial charge in [0.15, 0.2) is 6.10 Å². The molecule has 0 unspecified atom stereocenters. The molecule has 1 aromatic carbocycles. The number of aliphatic carboxylic acids is 2. The van der Waals surface area contributed by atoms with Gasteiger partial charge in [-0.25, -0.2) is 4.79 Å². The molecule has 0 aliphatic rings. The Bertz CT molecular complexity index is 501. The van der Waals surface area contributed by atoms with Gasteiger partial charge in [0.1, 0.15) is 6.04 Å². The molecule has 0 saturated heterocycles. The fourth-order valence-corrected chi connectivity index (χ4v) is 1.79. The van der Waals surface area contributed by atoms with E-state index >= 15 is 0 Å². The van der Waals surface area contributed by atoms with E-state index in [1.807, 2.05) is 0 Å². The normalized spacial score (nSPS) is 13.2. The molecule has 0 aliphatic carbocycles. The first-order chi connectivity index (χ1) is 9.95. The lowest BCUT2D eigenvalue weighted by atomic mass is 10.1. The van der Waals surface area contributed by atoms with E-state index in [2.05, 4.69) is 5.32 Å². The zero-order chi connectivity index (χ0) is 15.8. The SMILES string of the molecule is CO[C@H](C(=O)N[C@@H](CCC(=O)O)C(=O)O)c1ccccc1. The minimum atomic E-state index is -1.28. The van der Waals surface area contributed by atoms with Gasteiger partial charge in [-0.3, -0.25) is 9.59 Å². The molecule has 21 heavy (non-hydrogen) atoms. The first-order valence-electron chi connectivity index (χ1n) is 6.28. The molecule has 1 rings (SSSR count). The summed E-state index contributed by atoms with van der Waals surface area (Å²) >= 11 is 0. The van der Waals surface area contributed by atoms with Gasteiger partial charge in [-0.2, -0.15) is 0 Å². The van der Waals surface area contributed by atoms with Crippen LogP contribution in [0.3, 0.4) is 0 Å². The second-order valence-corrected chi connectivity index (χ2v) is 4.36. The number of nitrogens with one attached hydrogen (secondary N) is 1. The van der Waals surface area contributed by atoms with Crippen molar-refractivity contribution in [3.05, 3.63) is 35.9 Å². The highest BCUT2D eigenvalue weighted by atomic mass is 16.5. The number of benzene rings is 1. The van der Waals surface area contributed by atoms with Crippen molar-refractivity contribution >= 4 is 17.8 Å². The highest BCUT2D eigenvalue weighted by molar-refractivity contribution is 5.87. The predicted octanol–water partition coefficient (Wildman–Crippen LogP) is 0.808. The third-order valence-corrected chi connectivity index (χ3v) is 2.84. The molecular weight excluding hydrogens is 278 g/mol. The van der Waals surface area contributed by atoms with E-state index in [0.29, 0.717) is 5.56 Å². The van der Waals surface area contributed by atoms with Gasteiger partial charge in [0.05, 0.1) is 0 Å². The highest BCUT2D eigenvalue weighted by Gasteiger charge is 2.26. The summed E-state index contributed by atoms with van der Waals surface area (Å²) in [7, 11) is 1.34. The summed E-state index contributed by atoms with van der Waals surface area (Å²) in [6.07, 6.45) is -1.49. The van der Waals surface area contributed by atoms with E-state index in [1.54, 1.807) is 30.3 Å². The molecule has 1 aromatic rings. The van der Waals surface area contributed by atoms with Crippen LogP contribution >= 0.6 is 0 Å². The van der Waals surface area contributed by atoms with E-state index in [1.165, 1.54) is 7.11 Å². The van der Waals surface area contributed by atoms with Gasteiger partial charge < -0.3 is 20.3 Å². The van der Waals surface area contributed by atoms with Crippen molar-refractivity contribution in [2.75, 3.05) is 7.11 Å². The molecule has 7 nitrogen and oxygen atoms in total. The number of carbonyl (C=O) groups excluding carboxylic acids is 1. The van der Waals surface area contributed by atoms with Gasteiger partial charge in [-0.15, -0.1) is 0 Å². The van der Waals surface area contributed by atoms with E-state index in [9.17, 15) is 14.4 Å². The standard InChI is InChI=1S/C14H17NO6/c1-21-12(9-5-3-2-4-6-9)13(18)15-10(14(19)20)7-8-11(16)17/h2-6,10,12H,7-8H2,1H3,(H,15,18)(H,16,17)(H,19,20)/t10-,12-/m0/s1. The largest absolute Gasteiger partial charge is 0.481 e. The highest BCUT2D eigenvalue weighted by Crippen LogP contribution is 2.16. The molecule has 0 spiro atoms. The lowest BCUT2D eigenvalue weighted by Crippen LogP contribution is -2.43. The number of carboxylic acids is 2. The number of amides is 1. The lowest BCUT2D eigenvalue weighted by Gasteiger charge is -2.19. The number of carboxylic acid groups (broad SMARTS) is 2. The van der Waals surface area contributed by atoms with Crippen molar-refractivity contribution in [1.82, 2.24) is 5.32 Å². The van der Waals surface area contributed by atoms with Crippen molar-refractivity contribution < 1.29 is 29.3 Å². The van der Waals surface area contributed by atoms with Gasteiger partial charge in [-0.1, -0.05) is 30.3 Å². The number of hydrogen-bond donors (Lipinski definition) is 3. The average molecular weight is 295 g/mol. The topological polar surface area (TPSA) is 113 Å². The van der Waals surface area contributed by atoms with Crippen LogP contribution in [0.4, 0.5) is 0 Å². The Morgan fingerprint density at radius 3 is 2.29 bits per heavy atom. The molecule has 7 heteroatoms. The minimum absolute atomic E-state index is 0.193. The summed E-state index contributed by atoms with van der Waals surface area (Å²) in [5, 5.41) is 19.9. The second kappa shape index (κ2) is 8.01. The molecular formula is C14H17NO6. The number of methoxy groups -OCH3 is 1. The summed E-state index contributed by atoms with van der Waals surface area (Å²) < 4.78 is 5.08. The van der Waals surface area contributed by atoms with E-state index < -0.39 is 30.0 Å². The van der Waals surface area contributed by atoms with Crippen LogP contribution in [0.1, 0.15) is 24.5 Å². The summed E-state index contributed by atoms with van der Waals surface area (Å²) in [6.45, 7) is 0. The van der Waals surface area contributed by atoms with Crippen LogP contribution in [-0.4, -0.2) is 41.2 Å². The van der Waals surface area contributed by atoms with Crippen LogP contribution < -0.4 is 5.32 Å². The molecule has 3 N–H and O–H groups in total. The lowest BCUT2D eigenvalue weighted by molar-refractivity contribution is -0.145. The van der Waals surface area contributed by atoms with Crippen molar-refractivity contribution in [2.24, 2.45) is 0 Å². The third-order valence-electron chi connectivity index (χ3n) is 2.84. The first-order valence-corrected chi connectivity index (χ1v) is 6.28.